The number of piperazine rings is 1. The molecule has 9 nitrogen and oxygen atoms in total. The molecule has 0 radical (unpaired) electrons. The van der Waals surface area contributed by atoms with Gasteiger partial charge in [-0.15, -0.1) is 0 Å². The highest BCUT2D eigenvalue weighted by Crippen LogP contribution is 2.26. The van der Waals surface area contributed by atoms with E-state index in [9.17, 15) is 14.4 Å². The Morgan fingerprint density at radius 1 is 0.943 bits per heavy atom. The van der Waals surface area contributed by atoms with Gasteiger partial charge in [-0.1, -0.05) is 0 Å². The van der Waals surface area contributed by atoms with Gasteiger partial charge in [0, 0.05) is 50.6 Å². The highest BCUT2D eigenvalue weighted by Gasteiger charge is 2.34. The van der Waals surface area contributed by atoms with Crippen molar-refractivity contribution in [1.82, 2.24) is 14.8 Å². The van der Waals surface area contributed by atoms with Crippen molar-refractivity contribution in [3.05, 3.63) is 46.8 Å². The summed E-state index contributed by atoms with van der Waals surface area (Å²) in [5.41, 5.74) is 3.11. The van der Waals surface area contributed by atoms with Crippen molar-refractivity contribution in [2.45, 2.75) is 26.7 Å². The maximum absolute atomic E-state index is 13.3. The summed E-state index contributed by atoms with van der Waals surface area (Å²) in [5, 5.41) is 0. The number of nitrogens with zero attached hydrogens (tertiary/aromatic N) is 3. The molecular formula is C26H34N4O5. The largest absolute Gasteiger partial charge is 0.497 e. The van der Waals surface area contributed by atoms with Crippen molar-refractivity contribution in [2.24, 2.45) is 5.92 Å². The molecule has 188 valence electrons. The molecule has 0 saturated carbocycles. The average molecular weight is 483 g/mol. The smallest absolute Gasteiger partial charge is 0.339 e. The number of anilines is 1. The van der Waals surface area contributed by atoms with E-state index in [1.165, 1.54) is 7.11 Å². The van der Waals surface area contributed by atoms with E-state index in [1.54, 1.807) is 25.9 Å². The fourth-order valence-electron chi connectivity index (χ4n) is 5.13. The first-order chi connectivity index (χ1) is 16.8. The number of aryl methyl sites for hydroxylation is 1. The number of H-pyrrole nitrogens is 1. The standard InChI is InChI=1S/C26H34N4O5/c1-17-22(26(33)35-4)18(2)27-23(17)25(32)30-11-5-6-19(16-30)24(31)29-14-12-28(13-15-29)20-7-9-21(34-3)10-8-20/h7-10,19,27H,5-6,11-16H2,1-4H3. The molecule has 3 heterocycles. The Bertz CT molecular complexity index is 1090. The molecule has 1 unspecified atom stereocenters. The maximum Gasteiger partial charge on any atom is 0.339 e. The first-order valence-electron chi connectivity index (χ1n) is 12.1. The van der Waals surface area contributed by atoms with Gasteiger partial charge in [0.25, 0.3) is 5.91 Å². The van der Waals surface area contributed by atoms with Gasteiger partial charge in [-0.2, -0.15) is 0 Å². The lowest BCUT2D eigenvalue weighted by molar-refractivity contribution is -0.137. The second-order valence-electron chi connectivity index (χ2n) is 9.22. The monoisotopic (exact) mass is 482 g/mol. The van der Waals surface area contributed by atoms with Crippen molar-refractivity contribution < 1.29 is 23.9 Å². The Balaban J connectivity index is 1.37. The SMILES string of the molecule is COC(=O)c1c(C)[nH]c(C(=O)N2CCCC(C(=O)N3CCN(c4ccc(OC)cc4)CC3)C2)c1C. The average Bonchev–Trinajstić information content (AvgIpc) is 3.21. The van der Waals surface area contributed by atoms with Crippen LogP contribution in [0, 0.1) is 19.8 Å². The quantitative estimate of drug-likeness (QED) is 0.659. The Hall–Kier alpha value is -3.49. The van der Waals surface area contributed by atoms with E-state index < -0.39 is 5.97 Å². The Morgan fingerprint density at radius 3 is 2.26 bits per heavy atom. The highest BCUT2D eigenvalue weighted by molar-refractivity contribution is 6.00. The molecule has 1 N–H and O–H groups in total. The van der Waals surface area contributed by atoms with Gasteiger partial charge >= 0.3 is 5.97 Å². The summed E-state index contributed by atoms with van der Waals surface area (Å²) in [6.07, 6.45) is 1.55. The molecule has 0 bridgehead atoms. The summed E-state index contributed by atoms with van der Waals surface area (Å²) in [6, 6.07) is 7.97. The number of esters is 1. The summed E-state index contributed by atoms with van der Waals surface area (Å²) in [6.45, 7) is 7.34. The molecule has 2 aliphatic rings. The maximum atomic E-state index is 13.3. The molecule has 4 rings (SSSR count). The van der Waals surface area contributed by atoms with Crippen molar-refractivity contribution in [3.63, 3.8) is 0 Å². The fraction of sp³-hybridized carbons (Fsp3) is 0.500. The zero-order chi connectivity index (χ0) is 25.1. The van der Waals surface area contributed by atoms with Gasteiger partial charge in [-0.25, -0.2) is 4.79 Å². The number of piperidine rings is 1. The van der Waals surface area contributed by atoms with Crippen LogP contribution in [0.5, 0.6) is 5.75 Å². The number of hydrogen-bond acceptors (Lipinski definition) is 6. The minimum atomic E-state index is -0.462. The molecule has 0 spiro atoms. The van der Waals surface area contributed by atoms with Crippen molar-refractivity contribution in [2.75, 3.05) is 58.4 Å². The molecule has 1 aromatic heterocycles. The topological polar surface area (TPSA) is 95.2 Å². The van der Waals surface area contributed by atoms with Crippen LogP contribution in [0.2, 0.25) is 0 Å². The predicted molar refractivity (Wildman–Crippen MR) is 132 cm³/mol. The van der Waals surface area contributed by atoms with Crippen LogP contribution in [0.15, 0.2) is 24.3 Å². The van der Waals surface area contributed by atoms with Gasteiger partial charge in [0.05, 0.1) is 25.7 Å². The number of nitrogens with one attached hydrogen (secondary N) is 1. The molecule has 9 heteroatoms. The van der Waals surface area contributed by atoms with E-state index >= 15 is 0 Å². The van der Waals surface area contributed by atoms with E-state index in [0.29, 0.717) is 48.7 Å². The number of rotatable bonds is 5. The van der Waals surface area contributed by atoms with Crippen molar-refractivity contribution in [1.29, 1.82) is 0 Å². The lowest BCUT2D eigenvalue weighted by Gasteiger charge is -2.39. The number of ether oxygens (including phenoxy) is 2. The number of aromatic nitrogens is 1. The Kier molecular flexibility index (Phi) is 7.33. The fourth-order valence-corrected chi connectivity index (χ4v) is 5.13. The molecule has 35 heavy (non-hydrogen) atoms. The molecule has 2 saturated heterocycles. The third-order valence-electron chi connectivity index (χ3n) is 7.13. The third kappa shape index (κ3) is 4.99. The van der Waals surface area contributed by atoms with Gasteiger partial charge in [0.15, 0.2) is 0 Å². The summed E-state index contributed by atoms with van der Waals surface area (Å²) in [7, 11) is 2.98. The minimum absolute atomic E-state index is 0.117. The molecular weight excluding hydrogens is 448 g/mol. The second kappa shape index (κ2) is 10.4. The number of hydrogen-bond donors (Lipinski definition) is 1. The van der Waals surface area contributed by atoms with Crippen LogP contribution in [0.3, 0.4) is 0 Å². The third-order valence-corrected chi connectivity index (χ3v) is 7.13. The lowest BCUT2D eigenvalue weighted by atomic mass is 9.95. The highest BCUT2D eigenvalue weighted by atomic mass is 16.5. The first-order valence-corrected chi connectivity index (χ1v) is 12.1. The van der Waals surface area contributed by atoms with E-state index in [4.69, 9.17) is 9.47 Å². The van der Waals surface area contributed by atoms with E-state index in [-0.39, 0.29) is 17.7 Å². The lowest BCUT2D eigenvalue weighted by Crippen LogP contribution is -2.53. The predicted octanol–water partition coefficient (Wildman–Crippen LogP) is 2.63. The molecule has 1 aromatic carbocycles. The molecule has 1 atom stereocenters. The number of likely N-dealkylation sites (tertiary alicyclic amines) is 1. The van der Waals surface area contributed by atoms with Gasteiger partial charge < -0.3 is 29.2 Å². The first kappa shape index (κ1) is 24.6. The summed E-state index contributed by atoms with van der Waals surface area (Å²) < 4.78 is 10.1. The van der Waals surface area contributed by atoms with Crippen molar-refractivity contribution >= 4 is 23.5 Å². The van der Waals surface area contributed by atoms with Crippen LogP contribution >= 0.6 is 0 Å². The summed E-state index contributed by atoms with van der Waals surface area (Å²) >= 11 is 0. The molecule has 2 aromatic rings. The number of carbonyl (C=O) groups is 3. The summed E-state index contributed by atoms with van der Waals surface area (Å²) in [4.78, 5) is 47.7. The van der Waals surface area contributed by atoms with E-state index in [0.717, 1.165) is 37.4 Å². The van der Waals surface area contributed by atoms with Crippen molar-refractivity contribution in [3.8, 4) is 5.75 Å². The number of carbonyl (C=O) groups excluding carboxylic acids is 3. The number of amides is 2. The number of aromatic amines is 1. The van der Waals surface area contributed by atoms with Gasteiger partial charge in [0.1, 0.15) is 11.4 Å². The number of benzene rings is 1. The Labute approximate surface area is 206 Å². The Morgan fingerprint density at radius 2 is 1.63 bits per heavy atom. The molecule has 2 amide bonds. The summed E-state index contributed by atoms with van der Waals surface area (Å²) in [5.74, 6) is 0.0896. The van der Waals surface area contributed by atoms with Crippen LogP contribution in [0.4, 0.5) is 5.69 Å². The van der Waals surface area contributed by atoms with Gasteiger partial charge in [0.2, 0.25) is 5.91 Å². The van der Waals surface area contributed by atoms with Crippen LogP contribution in [0.25, 0.3) is 0 Å². The van der Waals surface area contributed by atoms with Crippen LogP contribution < -0.4 is 9.64 Å². The van der Waals surface area contributed by atoms with E-state index in [1.807, 2.05) is 29.2 Å². The van der Waals surface area contributed by atoms with Gasteiger partial charge in [-0.3, -0.25) is 9.59 Å². The molecule has 0 aliphatic carbocycles. The zero-order valence-electron chi connectivity index (χ0n) is 20.9. The normalized spacial score (nSPS) is 18.4. The second-order valence-corrected chi connectivity index (χ2v) is 9.22. The molecule has 2 fully saturated rings. The minimum Gasteiger partial charge on any atom is -0.497 e. The molecule has 2 aliphatic heterocycles. The zero-order valence-corrected chi connectivity index (χ0v) is 20.9. The van der Waals surface area contributed by atoms with Crippen LogP contribution in [0.1, 0.15) is 44.9 Å². The van der Waals surface area contributed by atoms with Crippen LogP contribution in [-0.2, 0) is 9.53 Å². The van der Waals surface area contributed by atoms with Crippen LogP contribution in [-0.4, -0.2) is 86.1 Å². The van der Waals surface area contributed by atoms with Gasteiger partial charge in [-0.05, 0) is 56.5 Å². The van der Waals surface area contributed by atoms with E-state index in [2.05, 4.69) is 9.88 Å². The number of methoxy groups -OCH3 is 2.